The molecule has 1 atom stereocenters. The Hall–Kier alpha value is -1.65. The summed E-state index contributed by atoms with van der Waals surface area (Å²) in [6.45, 7) is 6.72. The molecule has 1 heterocycles. The standard InChI is InChI=1S/C16H21N3O.ClH/c1-11(2)10-19-16(20)9-8-15(18-19)14-6-4-13(5-7-14)12(3)17;/h4-9,11-12H,10,17H2,1-3H3;1H. The summed E-state index contributed by atoms with van der Waals surface area (Å²) < 4.78 is 1.53. The molecule has 0 aliphatic rings. The quantitative estimate of drug-likeness (QED) is 0.944. The second kappa shape index (κ2) is 7.38. The fraction of sp³-hybridized carbons (Fsp3) is 0.375. The minimum atomic E-state index is -0.0605. The third-order valence-corrected chi connectivity index (χ3v) is 3.14. The lowest BCUT2D eigenvalue weighted by molar-refractivity contribution is 0.465. The Morgan fingerprint density at radius 2 is 1.71 bits per heavy atom. The van der Waals surface area contributed by atoms with Crippen molar-refractivity contribution in [3.8, 4) is 11.3 Å². The number of rotatable bonds is 4. The van der Waals surface area contributed by atoms with E-state index in [-0.39, 0.29) is 24.0 Å². The molecule has 0 saturated heterocycles. The van der Waals surface area contributed by atoms with Gasteiger partial charge in [0, 0.05) is 24.2 Å². The predicted octanol–water partition coefficient (Wildman–Crippen LogP) is 3.01. The van der Waals surface area contributed by atoms with E-state index in [9.17, 15) is 4.79 Å². The summed E-state index contributed by atoms with van der Waals surface area (Å²) in [5.74, 6) is 0.385. The summed E-state index contributed by atoms with van der Waals surface area (Å²) in [6, 6.07) is 11.3. The average Bonchev–Trinajstić information content (AvgIpc) is 2.41. The second-order valence-corrected chi connectivity index (χ2v) is 5.54. The molecular weight excluding hydrogens is 286 g/mol. The van der Waals surface area contributed by atoms with Crippen molar-refractivity contribution in [1.29, 1.82) is 0 Å². The molecule has 0 radical (unpaired) electrons. The van der Waals surface area contributed by atoms with Gasteiger partial charge in [0.25, 0.3) is 5.56 Å². The van der Waals surface area contributed by atoms with Crippen molar-refractivity contribution in [1.82, 2.24) is 9.78 Å². The SMILES string of the molecule is CC(C)Cn1nc(-c2ccc(C(C)N)cc2)ccc1=O.Cl. The number of benzene rings is 1. The van der Waals surface area contributed by atoms with Gasteiger partial charge in [0.2, 0.25) is 0 Å². The molecular formula is C16H22ClN3O. The van der Waals surface area contributed by atoms with Crippen LogP contribution in [0.3, 0.4) is 0 Å². The summed E-state index contributed by atoms with van der Waals surface area (Å²) in [5.41, 5.74) is 8.67. The van der Waals surface area contributed by atoms with Gasteiger partial charge in [-0.1, -0.05) is 38.1 Å². The Bertz CT molecular complexity index is 633. The molecule has 2 rings (SSSR count). The molecule has 0 spiro atoms. The third-order valence-electron chi connectivity index (χ3n) is 3.14. The van der Waals surface area contributed by atoms with Crippen molar-refractivity contribution in [2.24, 2.45) is 11.7 Å². The molecule has 1 unspecified atom stereocenters. The van der Waals surface area contributed by atoms with Crippen molar-refractivity contribution >= 4 is 12.4 Å². The molecule has 0 aliphatic heterocycles. The van der Waals surface area contributed by atoms with E-state index >= 15 is 0 Å². The van der Waals surface area contributed by atoms with Gasteiger partial charge in [-0.2, -0.15) is 5.10 Å². The van der Waals surface area contributed by atoms with Gasteiger partial charge in [0.1, 0.15) is 0 Å². The van der Waals surface area contributed by atoms with Gasteiger partial charge in [-0.05, 0) is 24.5 Å². The highest BCUT2D eigenvalue weighted by Gasteiger charge is 2.06. The first-order chi connectivity index (χ1) is 9.47. The molecule has 21 heavy (non-hydrogen) atoms. The highest BCUT2D eigenvalue weighted by atomic mass is 35.5. The molecule has 2 aromatic rings. The maximum Gasteiger partial charge on any atom is 0.266 e. The number of hydrogen-bond donors (Lipinski definition) is 1. The van der Waals surface area contributed by atoms with E-state index < -0.39 is 0 Å². The molecule has 0 aliphatic carbocycles. The Balaban J connectivity index is 0.00000220. The van der Waals surface area contributed by atoms with E-state index in [4.69, 9.17) is 5.73 Å². The summed E-state index contributed by atoms with van der Waals surface area (Å²) >= 11 is 0. The van der Waals surface area contributed by atoms with Crippen molar-refractivity contribution in [2.45, 2.75) is 33.4 Å². The molecule has 0 saturated carbocycles. The van der Waals surface area contributed by atoms with Gasteiger partial charge in [-0.3, -0.25) is 4.79 Å². The zero-order chi connectivity index (χ0) is 14.7. The molecule has 4 nitrogen and oxygen atoms in total. The Morgan fingerprint density at radius 3 is 2.24 bits per heavy atom. The van der Waals surface area contributed by atoms with E-state index in [1.807, 2.05) is 31.2 Å². The first-order valence-electron chi connectivity index (χ1n) is 6.91. The monoisotopic (exact) mass is 307 g/mol. The van der Waals surface area contributed by atoms with Crippen LogP contribution in [0.1, 0.15) is 32.4 Å². The Labute approximate surface area is 131 Å². The van der Waals surface area contributed by atoms with Crippen molar-refractivity contribution in [3.63, 3.8) is 0 Å². The number of nitrogens with two attached hydrogens (primary N) is 1. The Morgan fingerprint density at radius 1 is 1.10 bits per heavy atom. The minimum Gasteiger partial charge on any atom is -0.324 e. The Kier molecular flexibility index (Phi) is 6.12. The van der Waals surface area contributed by atoms with Gasteiger partial charge in [0.15, 0.2) is 0 Å². The lowest BCUT2D eigenvalue weighted by atomic mass is 10.1. The predicted molar refractivity (Wildman–Crippen MR) is 88.6 cm³/mol. The second-order valence-electron chi connectivity index (χ2n) is 5.54. The topological polar surface area (TPSA) is 60.9 Å². The van der Waals surface area contributed by atoms with Crippen molar-refractivity contribution in [3.05, 3.63) is 52.3 Å². The zero-order valence-electron chi connectivity index (χ0n) is 12.6. The molecule has 0 bridgehead atoms. The summed E-state index contributed by atoms with van der Waals surface area (Å²) in [4.78, 5) is 11.8. The van der Waals surface area contributed by atoms with Crippen LogP contribution in [0.15, 0.2) is 41.2 Å². The molecule has 1 aromatic heterocycles. The van der Waals surface area contributed by atoms with Crippen molar-refractivity contribution in [2.75, 3.05) is 0 Å². The van der Waals surface area contributed by atoms with Gasteiger partial charge < -0.3 is 5.73 Å². The van der Waals surface area contributed by atoms with Crippen LogP contribution in [0.4, 0.5) is 0 Å². The van der Waals surface area contributed by atoms with E-state index in [0.29, 0.717) is 12.5 Å². The van der Waals surface area contributed by atoms with Crippen LogP contribution in [-0.4, -0.2) is 9.78 Å². The maximum absolute atomic E-state index is 11.8. The summed E-state index contributed by atoms with van der Waals surface area (Å²) in [6.07, 6.45) is 0. The molecule has 5 heteroatoms. The number of nitrogens with zero attached hydrogens (tertiary/aromatic N) is 2. The van der Waals surface area contributed by atoms with E-state index in [2.05, 4.69) is 18.9 Å². The van der Waals surface area contributed by atoms with Gasteiger partial charge >= 0.3 is 0 Å². The molecule has 0 amide bonds. The van der Waals surface area contributed by atoms with Crippen LogP contribution in [0, 0.1) is 5.92 Å². The van der Waals surface area contributed by atoms with Gasteiger partial charge in [-0.25, -0.2) is 4.68 Å². The molecule has 114 valence electrons. The van der Waals surface area contributed by atoms with Crippen LogP contribution >= 0.6 is 12.4 Å². The molecule has 1 aromatic carbocycles. The summed E-state index contributed by atoms with van der Waals surface area (Å²) in [7, 11) is 0. The fourth-order valence-corrected chi connectivity index (χ4v) is 2.04. The minimum absolute atomic E-state index is 0. The largest absolute Gasteiger partial charge is 0.324 e. The van der Waals surface area contributed by atoms with E-state index in [0.717, 1.165) is 16.8 Å². The third kappa shape index (κ3) is 4.41. The molecule has 0 fully saturated rings. The number of halogens is 1. The first-order valence-corrected chi connectivity index (χ1v) is 6.91. The van der Waals surface area contributed by atoms with Crippen molar-refractivity contribution < 1.29 is 0 Å². The van der Waals surface area contributed by atoms with E-state index in [1.165, 1.54) is 4.68 Å². The average molecular weight is 308 g/mol. The highest BCUT2D eigenvalue weighted by molar-refractivity contribution is 5.85. The first kappa shape index (κ1) is 17.4. The smallest absolute Gasteiger partial charge is 0.266 e. The molecule has 2 N–H and O–H groups in total. The highest BCUT2D eigenvalue weighted by Crippen LogP contribution is 2.18. The van der Waals surface area contributed by atoms with Crippen LogP contribution in [0.5, 0.6) is 0 Å². The van der Waals surface area contributed by atoms with Crippen LogP contribution in [0.2, 0.25) is 0 Å². The zero-order valence-corrected chi connectivity index (χ0v) is 13.4. The lowest BCUT2D eigenvalue weighted by Crippen LogP contribution is -2.24. The lowest BCUT2D eigenvalue weighted by Gasteiger charge is -2.10. The summed E-state index contributed by atoms with van der Waals surface area (Å²) in [5, 5.41) is 4.43. The van der Waals surface area contributed by atoms with Crippen LogP contribution in [0.25, 0.3) is 11.3 Å². The van der Waals surface area contributed by atoms with Gasteiger partial charge in [-0.15, -0.1) is 12.4 Å². The number of hydrogen-bond acceptors (Lipinski definition) is 3. The fourth-order valence-electron chi connectivity index (χ4n) is 2.04. The van der Waals surface area contributed by atoms with E-state index in [1.54, 1.807) is 12.1 Å². The normalized spacial score (nSPS) is 12.0. The maximum atomic E-state index is 11.8. The van der Waals surface area contributed by atoms with Crippen LogP contribution in [-0.2, 0) is 6.54 Å². The van der Waals surface area contributed by atoms with Gasteiger partial charge in [0.05, 0.1) is 5.69 Å². The van der Waals surface area contributed by atoms with Crippen LogP contribution < -0.4 is 11.3 Å². The number of aromatic nitrogens is 2.